The number of para-hydroxylation sites is 1. The van der Waals surface area contributed by atoms with Gasteiger partial charge in [-0.1, -0.05) is 261 Å². The molecule has 0 spiro atoms. The fraction of sp³-hybridized carbons (Fsp3) is 0.125. The van der Waals surface area contributed by atoms with Crippen LogP contribution in [0, 0.1) is 17.8 Å². The van der Waals surface area contributed by atoms with Gasteiger partial charge in [0, 0.05) is 68.9 Å². The second-order valence-corrected chi connectivity index (χ2v) is 23.5. The van der Waals surface area contributed by atoms with E-state index in [-0.39, 0.29) is 60.1 Å². The van der Waals surface area contributed by atoms with Crippen molar-refractivity contribution in [3.05, 3.63) is 348 Å². The standard InChI is InChI=1S/C80H60N2O3/c1-5-21-51(22-6-1)53-41-45-57(46-42-53)81(70-39-19-37-67-65-35-17-33-59(76(65)84-79(67)70)55-25-9-3-10-26-55)72-49-69-75-63-31-15-13-29-61(63)73(50-74(75)83-78(69)64-32-16-14-30-62(64)72)82(58-47-43-54(44-48-58)52-23-7-2-8-24-52)71-40-20-38-68-66-36-18-34-60(77(66)85-80(68)71)56-27-11-4-12-28-56/h1-50,65-67,69,74-79H. The fourth-order valence-corrected chi connectivity index (χ4v) is 15.2. The van der Waals surface area contributed by atoms with Crippen molar-refractivity contribution >= 4 is 39.6 Å². The van der Waals surface area contributed by atoms with E-state index in [2.05, 4.69) is 313 Å². The normalized spacial score (nSPS) is 24.9. The lowest BCUT2D eigenvalue weighted by atomic mass is 9.72. The summed E-state index contributed by atoms with van der Waals surface area (Å²) in [6.45, 7) is 0. The SMILES string of the molecule is C1=CC2c3cccc(N(C4=CC5OC6c7ccccc7C(N(C7=CC=CC8C7OC7C(c9ccccc9)=CC=CC78)c7ccc(-c8ccccc8)cc7)=CC6C5c5ccccc54)c4ccc(-c5ccccc5)cc4)c3OC2C(c2ccccc2)=C1. The van der Waals surface area contributed by atoms with Crippen molar-refractivity contribution in [3.8, 4) is 28.0 Å². The lowest BCUT2D eigenvalue weighted by molar-refractivity contribution is 0.0596. The molecular weight excluding hydrogens is 1040 g/mol. The van der Waals surface area contributed by atoms with Gasteiger partial charge in [-0.25, -0.2) is 0 Å². The molecular formula is C80H60N2O3. The van der Waals surface area contributed by atoms with Crippen LogP contribution >= 0.6 is 0 Å². The number of ether oxygens (including phenoxy) is 3. The molecule has 2 fully saturated rings. The average molecular weight is 1100 g/mol. The van der Waals surface area contributed by atoms with E-state index < -0.39 is 0 Å². The molecule has 3 aliphatic heterocycles. The highest BCUT2D eigenvalue weighted by atomic mass is 16.5. The van der Waals surface area contributed by atoms with Gasteiger partial charge < -0.3 is 24.0 Å². The summed E-state index contributed by atoms with van der Waals surface area (Å²) in [6, 6.07) is 85.8. The maximum atomic E-state index is 7.67. The zero-order valence-corrected chi connectivity index (χ0v) is 46.8. The molecule has 408 valence electrons. The lowest BCUT2D eigenvalue weighted by Crippen LogP contribution is -2.35. The van der Waals surface area contributed by atoms with Crippen LogP contribution < -0.4 is 14.5 Å². The quantitative estimate of drug-likeness (QED) is 0.136. The first-order chi connectivity index (χ1) is 42.2. The van der Waals surface area contributed by atoms with Gasteiger partial charge in [-0.05, 0) is 92.6 Å². The molecule has 10 atom stereocenters. The van der Waals surface area contributed by atoms with Gasteiger partial charge in [-0.3, -0.25) is 0 Å². The van der Waals surface area contributed by atoms with Crippen LogP contribution in [0.5, 0.6) is 5.75 Å². The van der Waals surface area contributed by atoms with Gasteiger partial charge >= 0.3 is 0 Å². The molecule has 17 rings (SSSR count). The number of allylic oxidation sites excluding steroid dienone is 6. The van der Waals surface area contributed by atoms with Crippen molar-refractivity contribution in [1.29, 1.82) is 0 Å². The molecule has 0 radical (unpaired) electrons. The number of hydrogen-bond acceptors (Lipinski definition) is 5. The van der Waals surface area contributed by atoms with E-state index in [1.165, 1.54) is 61.2 Å². The van der Waals surface area contributed by atoms with E-state index in [0.717, 1.165) is 51.0 Å². The molecule has 8 aliphatic rings. The zero-order chi connectivity index (χ0) is 56.0. The minimum absolute atomic E-state index is 0.00418. The monoisotopic (exact) mass is 1100 g/mol. The van der Waals surface area contributed by atoms with Crippen LogP contribution in [-0.4, -0.2) is 24.4 Å². The average Bonchev–Trinajstić information content (AvgIpc) is 2.68. The van der Waals surface area contributed by atoms with E-state index in [9.17, 15) is 0 Å². The minimum atomic E-state index is -0.262. The molecule has 0 bridgehead atoms. The first kappa shape index (κ1) is 49.8. The molecule has 9 aromatic carbocycles. The number of hydrogen-bond donors (Lipinski definition) is 0. The Morgan fingerprint density at radius 1 is 0.329 bits per heavy atom. The Bertz CT molecular complexity index is 4330. The first-order valence-corrected chi connectivity index (χ1v) is 30.1. The van der Waals surface area contributed by atoms with Crippen LogP contribution in [0.2, 0.25) is 0 Å². The van der Waals surface area contributed by atoms with Gasteiger partial charge in [0.1, 0.15) is 18.0 Å². The van der Waals surface area contributed by atoms with Gasteiger partial charge in [0.2, 0.25) is 0 Å². The van der Waals surface area contributed by atoms with Crippen LogP contribution in [0.1, 0.15) is 56.9 Å². The van der Waals surface area contributed by atoms with Crippen LogP contribution in [0.15, 0.2) is 309 Å². The third-order valence-corrected chi connectivity index (χ3v) is 19.0. The Morgan fingerprint density at radius 3 is 1.47 bits per heavy atom. The molecule has 0 amide bonds. The Labute approximate surface area is 497 Å². The fourth-order valence-electron chi connectivity index (χ4n) is 15.2. The Kier molecular flexibility index (Phi) is 12.0. The van der Waals surface area contributed by atoms with Crippen molar-refractivity contribution in [3.63, 3.8) is 0 Å². The Morgan fingerprint density at radius 2 is 0.824 bits per heavy atom. The Hall–Kier alpha value is -9.78. The highest BCUT2D eigenvalue weighted by Crippen LogP contribution is 2.60. The van der Waals surface area contributed by atoms with E-state index >= 15 is 0 Å². The van der Waals surface area contributed by atoms with Gasteiger partial charge in [0.15, 0.2) is 0 Å². The van der Waals surface area contributed by atoms with E-state index in [1.54, 1.807) is 0 Å². The largest absolute Gasteiger partial charge is 0.482 e. The summed E-state index contributed by atoms with van der Waals surface area (Å²) >= 11 is 0. The summed E-state index contributed by atoms with van der Waals surface area (Å²) in [5.41, 5.74) is 22.0. The van der Waals surface area contributed by atoms with E-state index in [1.807, 2.05) is 0 Å². The number of fused-ring (bicyclic) bond motifs is 13. The molecule has 5 aliphatic carbocycles. The van der Waals surface area contributed by atoms with E-state index in [0.29, 0.717) is 0 Å². The molecule has 5 nitrogen and oxygen atoms in total. The number of anilines is 3. The molecule has 0 aromatic heterocycles. The van der Waals surface area contributed by atoms with E-state index in [4.69, 9.17) is 14.2 Å². The predicted octanol–water partition coefficient (Wildman–Crippen LogP) is 18.5. The van der Waals surface area contributed by atoms with Crippen molar-refractivity contribution in [2.24, 2.45) is 17.8 Å². The molecule has 2 saturated heterocycles. The lowest BCUT2D eigenvalue weighted by Gasteiger charge is -2.40. The van der Waals surface area contributed by atoms with Gasteiger partial charge in [-0.2, -0.15) is 0 Å². The third-order valence-electron chi connectivity index (χ3n) is 19.0. The molecule has 5 heteroatoms. The van der Waals surface area contributed by atoms with Gasteiger partial charge in [-0.15, -0.1) is 0 Å². The van der Waals surface area contributed by atoms with Crippen LogP contribution in [0.4, 0.5) is 17.1 Å². The Balaban J connectivity index is 0.798. The first-order valence-electron chi connectivity index (χ1n) is 30.1. The third kappa shape index (κ3) is 8.28. The summed E-state index contributed by atoms with van der Waals surface area (Å²) in [5.74, 6) is 1.28. The van der Waals surface area contributed by atoms with Gasteiger partial charge in [0.25, 0.3) is 0 Å². The van der Waals surface area contributed by atoms with Crippen molar-refractivity contribution in [2.75, 3.05) is 9.80 Å². The molecule has 0 saturated carbocycles. The van der Waals surface area contributed by atoms with Crippen molar-refractivity contribution in [2.45, 2.75) is 42.4 Å². The van der Waals surface area contributed by atoms with Crippen LogP contribution in [0.3, 0.4) is 0 Å². The van der Waals surface area contributed by atoms with Crippen molar-refractivity contribution < 1.29 is 14.2 Å². The molecule has 85 heavy (non-hydrogen) atoms. The van der Waals surface area contributed by atoms with Crippen LogP contribution in [0.25, 0.3) is 44.8 Å². The topological polar surface area (TPSA) is 34.2 Å². The summed E-state index contributed by atoms with van der Waals surface area (Å²) in [5, 5.41) is 0. The zero-order valence-electron chi connectivity index (χ0n) is 46.8. The maximum Gasteiger partial charge on any atom is 0.148 e. The van der Waals surface area contributed by atoms with Gasteiger partial charge in [0.05, 0.1) is 35.4 Å². The highest BCUT2D eigenvalue weighted by molar-refractivity contribution is 5.95. The number of rotatable bonds is 10. The molecule has 3 heterocycles. The maximum absolute atomic E-state index is 7.67. The van der Waals surface area contributed by atoms with Crippen LogP contribution in [-0.2, 0) is 9.47 Å². The summed E-state index contributed by atoms with van der Waals surface area (Å²) in [6.07, 6.45) is 24.6. The minimum Gasteiger partial charge on any atom is -0.482 e. The smallest absolute Gasteiger partial charge is 0.148 e. The summed E-state index contributed by atoms with van der Waals surface area (Å²) in [4.78, 5) is 4.98. The highest BCUT2D eigenvalue weighted by Gasteiger charge is 2.53. The van der Waals surface area contributed by atoms with Crippen molar-refractivity contribution in [1.82, 2.24) is 0 Å². The molecule has 9 aromatic rings. The second-order valence-electron chi connectivity index (χ2n) is 23.5. The summed E-state index contributed by atoms with van der Waals surface area (Å²) in [7, 11) is 0. The molecule has 0 N–H and O–H groups in total. The summed E-state index contributed by atoms with van der Waals surface area (Å²) < 4.78 is 22.5. The second kappa shape index (κ2) is 20.5. The number of nitrogens with zero attached hydrogens (tertiary/aromatic N) is 2. The molecule has 10 unspecified atom stereocenters. The predicted molar refractivity (Wildman–Crippen MR) is 345 cm³/mol. The number of benzene rings is 9.